The van der Waals surface area contributed by atoms with Crippen LogP contribution in [0.3, 0.4) is 0 Å². The van der Waals surface area contributed by atoms with Crippen molar-refractivity contribution in [3.8, 4) is 0 Å². The minimum atomic E-state index is -0.470. The zero-order valence-corrected chi connectivity index (χ0v) is 9.17. The van der Waals surface area contributed by atoms with Crippen LogP contribution in [-0.2, 0) is 14.3 Å². The van der Waals surface area contributed by atoms with E-state index < -0.39 is 5.97 Å². The minimum Gasteiger partial charge on any atom is -0.466 e. The molecule has 0 amide bonds. The van der Waals surface area contributed by atoms with E-state index in [9.17, 15) is 9.59 Å². The summed E-state index contributed by atoms with van der Waals surface area (Å²) >= 11 is 1.27. The topological polar surface area (TPSA) is 72.1 Å². The maximum atomic E-state index is 11.3. The first-order chi connectivity index (χ1) is 7.22. The van der Waals surface area contributed by atoms with Crippen LogP contribution in [0.5, 0.6) is 0 Å². The molecule has 0 saturated heterocycles. The molecule has 0 fully saturated rings. The van der Waals surface area contributed by atoms with Gasteiger partial charge in [0.15, 0.2) is 10.9 Å². The number of nitrogens with one attached hydrogen (secondary N) is 1. The summed E-state index contributed by atoms with van der Waals surface area (Å²) in [5.74, 6) is -0.399. The van der Waals surface area contributed by atoms with Crippen LogP contribution < -0.4 is 0 Å². The van der Waals surface area contributed by atoms with Crippen molar-refractivity contribution in [2.45, 2.75) is 18.5 Å². The molecule has 5 nitrogen and oxygen atoms in total. The number of H-pyrrole nitrogens is 1. The van der Waals surface area contributed by atoms with Crippen molar-refractivity contribution < 1.29 is 14.3 Å². The van der Waals surface area contributed by atoms with Gasteiger partial charge in [0.1, 0.15) is 6.42 Å². The molecule has 0 radical (unpaired) electrons. The molecule has 0 aliphatic heterocycles. The van der Waals surface area contributed by atoms with Crippen molar-refractivity contribution in [2.24, 2.45) is 0 Å². The minimum absolute atomic E-state index is 0.158. The van der Waals surface area contributed by atoms with Crippen molar-refractivity contribution >= 4 is 23.5 Å². The van der Waals surface area contributed by atoms with Crippen molar-refractivity contribution in [3.63, 3.8) is 0 Å². The van der Waals surface area contributed by atoms with Crippen LogP contribution in [0.2, 0.25) is 0 Å². The van der Waals surface area contributed by atoms with E-state index in [1.807, 2.05) is 0 Å². The van der Waals surface area contributed by atoms with Crippen LogP contribution in [0.1, 0.15) is 13.3 Å². The third kappa shape index (κ3) is 4.64. The fourth-order valence-electron chi connectivity index (χ4n) is 0.903. The number of imidazole rings is 1. The highest BCUT2D eigenvalue weighted by Gasteiger charge is 2.10. The van der Waals surface area contributed by atoms with E-state index in [1.165, 1.54) is 11.8 Å². The number of carbonyl (C=O) groups is 2. The summed E-state index contributed by atoms with van der Waals surface area (Å²) in [7, 11) is 0. The Bertz CT molecular complexity index is 324. The highest BCUT2D eigenvalue weighted by atomic mass is 32.2. The van der Waals surface area contributed by atoms with Crippen LogP contribution in [0.4, 0.5) is 0 Å². The number of hydrogen-bond acceptors (Lipinski definition) is 5. The molecule has 6 heteroatoms. The maximum Gasteiger partial charge on any atom is 0.313 e. The van der Waals surface area contributed by atoms with Gasteiger partial charge in [-0.25, -0.2) is 4.98 Å². The Morgan fingerprint density at radius 1 is 1.60 bits per heavy atom. The molecule has 15 heavy (non-hydrogen) atoms. The molecule has 0 aliphatic rings. The number of ketones is 1. The van der Waals surface area contributed by atoms with Gasteiger partial charge in [0.2, 0.25) is 0 Å². The van der Waals surface area contributed by atoms with Gasteiger partial charge in [-0.05, 0) is 6.92 Å². The average Bonchev–Trinajstić information content (AvgIpc) is 2.67. The molecule has 0 aromatic carbocycles. The molecule has 0 unspecified atom stereocenters. The first-order valence-corrected chi connectivity index (χ1v) is 5.50. The van der Waals surface area contributed by atoms with E-state index in [4.69, 9.17) is 0 Å². The summed E-state index contributed by atoms with van der Waals surface area (Å²) in [5, 5.41) is 0.673. The van der Waals surface area contributed by atoms with E-state index in [1.54, 1.807) is 19.3 Å². The number of ether oxygens (including phenoxy) is 1. The summed E-state index contributed by atoms with van der Waals surface area (Å²) in [6.07, 6.45) is 3.12. The Labute approximate surface area is 91.6 Å². The highest BCUT2D eigenvalue weighted by Crippen LogP contribution is 2.11. The van der Waals surface area contributed by atoms with E-state index in [2.05, 4.69) is 14.7 Å². The van der Waals surface area contributed by atoms with Gasteiger partial charge in [0, 0.05) is 12.4 Å². The van der Waals surface area contributed by atoms with Gasteiger partial charge in [-0.3, -0.25) is 9.59 Å². The van der Waals surface area contributed by atoms with E-state index >= 15 is 0 Å². The Balaban J connectivity index is 2.22. The lowest BCUT2D eigenvalue weighted by Crippen LogP contribution is -2.12. The summed E-state index contributed by atoms with van der Waals surface area (Å²) in [6, 6.07) is 0. The molecule has 0 atom stereocenters. The standard InChI is InChI=1S/C9H12N2O3S/c1-2-14-8(13)5-7(12)6-15-9-10-3-4-11-9/h3-4H,2,5-6H2,1H3,(H,10,11). The molecule has 1 aromatic rings. The highest BCUT2D eigenvalue weighted by molar-refractivity contribution is 7.99. The van der Waals surface area contributed by atoms with Crippen LogP contribution in [-0.4, -0.2) is 34.1 Å². The van der Waals surface area contributed by atoms with Crippen molar-refractivity contribution in [2.75, 3.05) is 12.4 Å². The molecular weight excluding hydrogens is 216 g/mol. The molecule has 1 aromatic heterocycles. The largest absolute Gasteiger partial charge is 0.466 e. The number of carbonyl (C=O) groups excluding carboxylic acids is 2. The average molecular weight is 228 g/mol. The summed E-state index contributed by atoms with van der Waals surface area (Å²) in [5.41, 5.74) is 0. The quantitative estimate of drug-likeness (QED) is 0.447. The fourth-order valence-corrected chi connectivity index (χ4v) is 1.59. The first-order valence-electron chi connectivity index (χ1n) is 4.52. The monoisotopic (exact) mass is 228 g/mol. The van der Waals surface area contributed by atoms with E-state index in [-0.39, 0.29) is 18.0 Å². The van der Waals surface area contributed by atoms with Gasteiger partial charge in [-0.1, -0.05) is 11.8 Å². The number of esters is 1. The molecule has 0 spiro atoms. The van der Waals surface area contributed by atoms with Gasteiger partial charge in [0.25, 0.3) is 0 Å². The second kappa shape index (κ2) is 6.23. The lowest BCUT2D eigenvalue weighted by Gasteiger charge is -2.00. The first kappa shape index (κ1) is 11.8. The molecular formula is C9H12N2O3S. The fraction of sp³-hybridized carbons (Fsp3) is 0.444. The van der Waals surface area contributed by atoms with Crippen LogP contribution in [0, 0.1) is 0 Å². The van der Waals surface area contributed by atoms with Gasteiger partial charge >= 0.3 is 5.97 Å². The lowest BCUT2D eigenvalue weighted by molar-refractivity contribution is -0.145. The number of thioether (sulfide) groups is 1. The van der Waals surface area contributed by atoms with E-state index in [0.29, 0.717) is 11.8 Å². The zero-order chi connectivity index (χ0) is 11.1. The van der Waals surface area contributed by atoms with Gasteiger partial charge in [-0.2, -0.15) is 0 Å². The normalized spacial score (nSPS) is 9.93. The van der Waals surface area contributed by atoms with Gasteiger partial charge < -0.3 is 9.72 Å². The van der Waals surface area contributed by atoms with Crippen LogP contribution in [0.15, 0.2) is 17.6 Å². The van der Waals surface area contributed by atoms with Gasteiger partial charge in [0.05, 0.1) is 12.4 Å². The van der Waals surface area contributed by atoms with Gasteiger partial charge in [-0.15, -0.1) is 0 Å². The summed E-state index contributed by atoms with van der Waals surface area (Å²) < 4.78 is 4.66. The second-order valence-corrected chi connectivity index (χ2v) is 3.67. The third-order valence-corrected chi connectivity index (χ3v) is 2.45. The van der Waals surface area contributed by atoms with Crippen LogP contribution >= 0.6 is 11.8 Å². The molecule has 0 aliphatic carbocycles. The van der Waals surface area contributed by atoms with Crippen LogP contribution in [0.25, 0.3) is 0 Å². The number of aromatic amines is 1. The lowest BCUT2D eigenvalue weighted by atomic mass is 10.3. The second-order valence-electron chi connectivity index (χ2n) is 2.70. The molecule has 1 rings (SSSR count). The maximum absolute atomic E-state index is 11.3. The van der Waals surface area contributed by atoms with E-state index in [0.717, 1.165) is 0 Å². The smallest absolute Gasteiger partial charge is 0.313 e. The number of nitrogens with zero attached hydrogens (tertiary/aromatic N) is 1. The summed E-state index contributed by atoms with van der Waals surface area (Å²) in [6.45, 7) is 2.01. The van der Waals surface area contributed by atoms with Crippen molar-refractivity contribution in [1.29, 1.82) is 0 Å². The molecule has 1 heterocycles. The predicted octanol–water partition coefficient (Wildman–Crippen LogP) is 1.02. The van der Waals surface area contributed by atoms with Crippen molar-refractivity contribution in [3.05, 3.63) is 12.4 Å². The number of Topliss-reactive ketones (excluding diaryl/α,β-unsaturated/α-hetero) is 1. The Kier molecular flexibility index (Phi) is 4.89. The molecule has 0 saturated carbocycles. The Hall–Kier alpha value is -1.30. The molecule has 1 N–H and O–H groups in total. The number of rotatable bonds is 6. The Morgan fingerprint density at radius 3 is 3.00 bits per heavy atom. The molecule has 0 bridgehead atoms. The Morgan fingerprint density at radius 2 is 2.40 bits per heavy atom. The zero-order valence-electron chi connectivity index (χ0n) is 8.36. The SMILES string of the molecule is CCOC(=O)CC(=O)CSc1ncc[nH]1. The van der Waals surface area contributed by atoms with Crippen molar-refractivity contribution in [1.82, 2.24) is 9.97 Å². The third-order valence-electron chi connectivity index (χ3n) is 1.49. The predicted molar refractivity (Wildman–Crippen MR) is 55.6 cm³/mol. The molecule has 82 valence electrons. The summed E-state index contributed by atoms with van der Waals surface area (Å²) in [4.78, 5) is 29.0. The number of hydrogen-bond donors (Lipinski definition) is 1. The number of aromatic nitrogens is 2.